The largest absolute Gasteiger partial charge is 0.437 e. The van der Waals surface area contributed by atoms with Gasteiger partial charge in [-0.15, -0.1) is 0 Å². The van der Waals surface area contributed by atoms with E-state index in [1.165, 1.54) is 18.4 Å². The summed E-state index contributed by atoms with van der Waals surface area (Å²) in [6, 6.07) is 12.3. The van der Waals surface area contributed by atoms with E-state index in [1.54, 1.807) is 0 Å². The molecule has 1 aliphatic rings. The van der Waals surface area contributed by atoms with E-state index in [0.717, 1.165) is 18.7 Å². The molecule has 3 rings (SSSR count). The highest BCUT2D eigenvalue weighted by atomic mass is 35.5. The Morgan fingerprint density at radius 2 is 2.10 bits per heavy atom. The molecule has 0 amide bonds. The summed E-state index contributed by atoms with van der Waals surface area (Å²) in [5.74, 6) is 1.25. The number of nitrogens with one attached hydrogen (secondary N) is 1. The number of hydrogen-bond donors (Lipinski definition) is 1. The minimum absolute atomic E-state index is 0.596. The van der Waals surface area contributed by atoms with Gasteiger partial charge in [-0.25, -0.2) is 4.98 Å². The molecular formula is C17H19ClN2O. The topological polar surface area (TPSA) is 34.1 Å². The number of ether oxygens (including phenoxy) is 1. The molecule has 2 aromatic rings. The first-order valence-electron chi connectivity index (χ1n) is 7.40. The molecule has 1 aromatic carbocycles. The van der Waals surface area contributed by atoms with Crippen LogP contribution in [0.4, 0.5) is 0 Å². The lowest BCUT2D eigenvalue weighted by molar-refractivity contribution is 0.459. The van der Waals surface area contributed by atoms with E-state index in [1.807, 2.05) is 30.3 Å². The lowest BCUT2D eigenvalue weighted by Gasteiger charge is -2.11. The Morgan fingerprint density at radius 3 is 2.81 bits per heavy atom. The molecule has 0 saturated heterocycles. The first-order chi connectivity index (χ1) is 10.2. The summed E-state index contributed by atoms with van der Waals surface area (Å²) >= 11 is 6.13. The first kappa shape index (κ1) is 14.4. The van der Waals surface area contributed by atoms with Crippen LogP contribution in [0.1, 0.15) is 31.0 Å². The molecule has 0 atom stereocenters. The van der Waals surface area contributed by atoms with Gasteiger partial charge in [0.1, 0.15) is 5.75 Å². The molecule has 4 heteroatoms. The van der Waals surface area contributed by atoms with Crippen LogP contribution in [0, 0.1) is 0 Å². The minimum atomic E-state index is 0.596. The predicted molar refractivity (Wildman–Crippen MR) is 85.0 cm³/mol. The molecule has 0 unspecified atom stereocenters. The molecule has 1 fully saturated rings. The van der Waals surface area contributed by atoms with E-state index < -0.39 is 0 Å². The van der Waals surface area contributed by atoms with Crippen molar-refractivity contribution in [3.05, 3.63) is 52.7 Å². The van der Waals surface area contributed by atoms with Crippen molar-refractivity contribution in [2.75, 3.05) is 0 Å². The summed E-state index contributed by atoms with van der Waals surface area (Å²) in [6.07, 6.45) is 3.46. The quantitative estimate of drug-likeness (QED) is 0.862. The third kappa shape index (κ3) is 3.96. The Hall–Kier alpha value is -1.58. The zero-order chi connectivity index (χ0) is 14.7. The molecule has 1 N–H and O–H groups in total. The smallest absolute Gasteiger partial charge is 0.219 e. The number of halogens is 1. The van der Waals surface area contributed by atoms with Crippen LogP contribution in [0.3, 0.4) is 0 Å². The lowest BCUT2D eigenvalue weighted by atomic mass is 10.2. The molecule has 3 nitrogen and oxygen atoms in total. The van der Waals surface area contributed by atoms with Crippen molar-refractivity contribution in [3.8, 4) is 11.6 Å². The van der Waals surface area contributed by atoms with Crippen LogP contribution in [-0.4, -0.2) is 11.0 Å². The summed E-state index contributed by atoms with van der Waals surface area (Å²) in [5, 5.41) is 4.11. The number of rotatable bonds is 6. The standard InChI is InChI=1S/C17H19ClN2O/c1-2-13-9-12(11-19-14-7-8-14)10-17(20-13)21-16-6-4-3-5-15(16)18/h3-6,9-10,14,19H,2,7-8,11H2,1H3. The number of pyridine rings is 1. The molecule has 110 valence electrons. The number of aromatic nitrogens is 1. The molecule has 1 aliphatic carbocycles. The third-order valence-corrected chi connectivity index (χ3v) is 3.81. The second kappa shape index (κ2) is 6.46. The Labute approximate surface area is 130 Å². The molecule has 1 aromatic heterocycles. The molecule has 21 heavy (non-hydrogen) atoms. The fraction of sp³-hybridized carbons (Fsp3) is 0.353. The van der Waals surface area contributed by atoms with Crippen molar-refractivity contribution < 1.29 is 4.74 Å². The summed E-state index contributed by atoms with van der Waals surface area (Å²) in [6.45, 7) is 2.96. The van der Waals surface area contributed by atoms with Gasteiger partial charge in [0.2, 0.25) is 5.88 Å². The van der Waals surface area contributed by atoms with Crippen LogP contribution in [0.5, 0.6) is 11.6 Å². The normalized spacial score (nSPS) is 14.2. The van der Waals surface area contributed by atoms with Crippen LogP contribution in [0.2, 0.25) is 5.02 Å². The van der Waals surface area contributed by atoms with Gasteiger partial charge in [-0.2, -0.15) is 0 Å². The average Bonchev–Trinajstić information content (AvgIpc) is 3.31. The maximum Gasteiger partial charge on any atom is 0.219 e. The monoisotopic (exact) mass is 302 g/mol. The van der Waals surface area contributed by atoms with Gasteiger partial charge in [0, 0.05) is 24.3 Å². The van der Waals surface area contributed by atoms with Crippen molar-refractivity contribution in [2.45, 2.75) is 38.8 Å². The van der Waals surface area contributed by atoms with Crippen LogP contribution < -0.4 is 10.1 Å². The third-order valence-electron chi connectivity index (χ3n) is 3.50. The zero-order valence-corrected chi connectivity index (χ0v) is 12.9. The SMILES string of the molecule is CCc1cc(CNC2CC2)cc(Oc2ccccc2Cl)n1. The first-order valence-corrected chi connectivity index (χ1v) is 7.78. The second-order valence-electron chi connectivity index (χ2n) is 5.35. The highest BCUT2D eigenvalue weighted by Crippen LogP contribution is 2.28. The van der Waals surface area contributed by atoms with Crippen molar-refractivity contribution in [1.82, 2.24) is 10.3 Å². The van der Waals surface area contributed by atoms with Gasteiger partial charge in [-0.3, -0.25) is 0 Å². The predicted octanol–water partition coefficient (Wildman–Crippen LogP) is 4.34. The zero-order valence-electron chi connectivity index (χ0n) is 12.1. The lowest BCUT2D eigenvalue weighted by Crippen LogP contribution is -2.15. The minimum Gasteiger partial charge on any atom is -0.437 e. The summed E-state index contributed by atoms with van der Waals surface area (Å²) in [5.41, 5.74) is 2.24. The Bertz CT molecular complexity index is 626. The molecule has 0 aliphatic heterocycles. The van der Waals surface area contributed by atoms with E-state index in [2.05, 4.69) is 23.3 Å². The van der Waals surface area contributed by atoms with Gasteiger partial charge < -0.3 is 10.1 Å². The van der Waals surface area contributed by atoms with Gasteiger partial charge in [0.25, 0.3) is 0 Å². The Balaban J connectivity index is 1.79. The van der Waals surface area contributed by atoms with E-state index >= 15 is 0 Å². The van der Waals surface area contributed by atoms with Gasteiger partial charge >= 0.3 is 0 Å². The second-order valence-corrected chi connectivity index (χ2v) is 5.75. The highest BCUT2D eigenvalue weighted by Gasteiger charge is 2.20. The van der Waals surface area contributed by atoms with Gasteiger partial charge in [-0.1, -0.05) is 30.7 Å². The molecular weight excluding hydrogens is 284 g/mol. The van der Waals surface area contributed by atoms with Gasteiger partial charge in [-0.05, 0) is 43.0 Å². The number of nitrogens with zero attached hydrogens (tertiary/aromatic N) is 1. The average molecular weight is 303 g/mol. The molecule has 1 heterocycles. The van der Waals surface area contributed by atoms with Crippen molar-refractivity contribution in [2.24, 2.45) is 0 Å². The summed E-state index contributed by atoms with van der Waals surface area (Å²) in [7, 11) is 0. The number of aryl methyl sites for hydroxylation is 1. The van der Waals surface area contributed by atoms with E-state index in [0.29, 0.717) is 22.7 Å². The Morgan fingerprint density at radius 1 is 1.29 bits per heavy atom. The molecule has 0 radical (unpaired) electrons. The highest BCUT2D eigenvalue weighted by molar-refractivity contribution is 6.32. The fourth-order valence-electron chi connectivity index (χ4n) is 2.15. The Kier molecular flexibility index (Phi) is 4.42. The van der Waals surface area contributed by atoms with E-state index in [-0.39, 0.29) is 0 Å². The van der Waals surface area contributed by atoms with Crippen LogP contribution >= 0.6 is 11.6 Å². The maximum atomic E-state index is 6.13. The van der Waals surface area contributed by atoms with E-state index in [9.17, 15) is 0 Å². The number of hydrogen-bond acceptors (Lipinski definition) is 3. The molecule has 0 bridgehead atoms. The summed E-state index contributed by atoms with van der Waals surface area (Å²) in [4.78, 5) is 4.52. The van der Waals surface area contributed by atoms with Crippen LogP contribution in [0.25, 0.3) is 0 Å². The van der Waals surface area contributed by atoms with Crippen LogP contribution in [0.15, 0.2) is 36.4 Å². The van der Waals surface area contributed by atoms with Crippen LogP contribution in [-0.2, 0) is 13.0 Å². The van der Waals surface area contributed by atoms with Gasteiger partial charge in [0.15, 0.2) is 0 Å². The maximum absolute atomic E-state index is 6.13. The summed E-state index contributed by atoms with van der Waals surface area (Å²) < 4.78 is 5.84. The fourth-order valence-corrected chi connectivity index (χ4v) is 2.32. The van der Waals surface area contributed by atoms with E-state index in [4.69, 9.17) is 16.3 Å². The number of para-hydroxylation sites is 1. The van der Waals surface area contributed by atoms with Gasteiger partial charge in [0.05, 0.1) is 5.02 Å². The van der Waals surface area contributed by atoms with Crippen molar-refractivity contribution in [3.63, 3.8) is 0 Å². The number of benzene rings is 1. The van der Waals surface area contributed by atoms with Crippen molar-refractivity contribution in [1.29, 1.82) is 0 Å². The molecule has 0 spiro atoms. The molecule has 1 saturated carbocycles. The van der Waals surface area contributed by atoms with Crippen molar-refractivity contribution >= 4 is 11.6 Å².